The Morgan fingerprint density at radius 1 is 1.69 bits per heavy atom. The SMILES string of the molecule is C=CCN(CC(=O)O)C(=O)C(C)N. The van der Waals surface area contributed by atoms with Crippen LogP contribution in [0.2, 0.25) is 0 Å². The van der Waals surface area contributed by atoms with Gasteiger partial charge in [-0.05, 0) is 6.92 Å². The second-order valence-electron chi connectivity index (χ2n) is 2.69. The highest BCUT2D eigenvalue weighted by molar-refractivity contribution is 5.84. The van der Waals surface area contributed by atoms with E-state index < -0.39 is 12.0 Å². The molecule has 0 aliphatic rings. The van der Waals surface area contributed by atoms with E-state index in [0.29, 0.717) is 0 Å². The minimum absolute atomic E-state index is 0.201. The van der Waals surface area contributed by atoms with Crippen molar-refractivity contribution in [3.63, 3.8) is 0 Å². The number of carbonyl (C=O) groups excluding carboxylic acids is 1. The van der Waals surface area contributed by atoms with Crippen molar-refractivity contribution in [1.29, 1.82) is 0 Å². The highest BCUT2D eigenvalue weighted by Crippen LogP contribution is 1.93. The molecule has 5 heteroatoms. The third-order valence-corrected chi connectivity index (χ3v) is 1.38. The second kappa shape index (κ2) is 5.31. The predicted molar refractivity (Wildman–Crippen MR) is 48.1 cm³/mol. The molecule has 0 spiro atoms. The highest BCUT2D eigenvalue weighted by Gasteiger charge is 2.18. The van der Waals surface area contributed by atoms with Gasteiger partial charge in [0.15, 0.2) is 0 Å². The van der Waals surface area contributed by atoms with E-state index in [2.05, 4.69) is 6.58 Å². The summed E-state index contributed by atoms with van der Waals surface area (Å²) >= 11 is 0. The first-order valence-corrected chi connectivity index (χ1v) is 3.86. The van der Waals surface area contributed by atoms with Crippen LogP contribution in [0.5, 0.6) is 0 Å². The Morgan fingerprint density at radius 3 is 2.54 bits per heavy atom. The van der Waals surface area contributed by atoms with Gasteiger partial charge in [-0.2, -0.15) is 0 Å². The fourth-order valence-electron chi connectivity index (χ4n) is 0.840. The minimum atomic E-state index is -1.06. The molecule has 0 aliphatic heterocycles. The molecule has 0 bridgehead atoms. The van der Waals surface area contributed by atoms with Crippen LogP contribution in [0.25, 0.3) is 0 Å². The van der Waals surface area contributed by atoms with Gasteiger partial charge in [0, 0.05) is 6.54 Å². The van der Waals surface area contributed by atoms with E-state index in [1.165, 1.54) is 13.0 Å². The molecule has 1 amide bonds. The standard InChI is InChI=1S/C8H14N2O3/c1-3-4-10(5-7(11)12)8(13)6(2)9/h3,6H,1,4-5,9H2,2H3,(H,11,12). The number of carboxylic acid groups (broad SMARTS) is 1. The number of rotatable bonds is 5. The van der Waals surface area contributed by atoms with Crippen LogP contribution in [0.3, 0.4) is 0 Å². The van der Waals surface area contributed by atoms with Crippen molar-refractivity contribution in [3.05, 3.63) is 12.7 Å². The third kappa shape index (κ3) is 4.27. The molecule has 0 rings (SSSR count). The summed E-state index contributed by atoms with van der Waals surface area (Å²) in [6.07, 6.45) is 1.46. The molecule has 1 atom stereocenters. The summed E-state index contributed by atoms with van der Waals surface area (Å²) in [6, 6.07) is -0.681. The van der Waals surface area contributed by atoms with Crippen LogP contribution < -0.4 is 5.73 Å². The smallest absolute Gasteiger partial charge is 0.323 e. The second-order valence-corrected chi connectivity index (χ2v) is 2.69. The monoisotopic (exact) mass is 186 g/mol. The fraction of sp³-hybridized carbons (Fsp3) is 0.500. The van der Waals surface area contributed by atoms with Gasteiger partial charge in [0.05, 0.1) is 6.04 Å². The minimum Gasteiger partial charge on any atom is -0.480 e. The van der Waals surface area contributed by atoms with Crippen molar-refractivity contribution in [2.75, 3.05) is 13.1 Å². The van der Waals surface area contributed by atoms with Gasteiger partial charge in [-0.25, -0.2) is 0 Å². The number of hydrogen-bond donors (Lipinski definition) is 2. The van der Waals surface area contributed by atoms with E-state index in [0.717, 1.165) is 4.90 Å². The number of hydrogen-bond acceptors (Lipinski definition) is 3. The van der Waals surface area contributed by atoms with Gasteiger partial charge in [0.25, 0.3) is 0 Å². The molecule has 0 aromatic rings. The molecule has 0 aromatic heterocycles. The van der Waals surface area contributed by atoms with Crippen molar-refractivity contribution in [2.45, 2.75) is 13.0 Å². The van der Waals surface area contributed by atoms with E-state index in [4.69, 9.17) is 10.8 Å². The van der Waals surface area contributed by atoms with Crippen LogP contribution in [-0.2, 0) is 9.59 Å². The molecule has 1 unspecified atom stereocenters. The van der Waals surface area contributed by atoms with E-state index in [1.807, 2.05) is 0 Å². The summed E-state index contributed by atoms with van der Waals surface area (Å²) in [7, 11) is 0. The van der Waals surface area contributed by atoms with Crippen LogP contribution in [0, 0.1) is 0 Å². The molecule has 3 N–H and O–H groups in total. The van der Waals surface area contributed by atoms with E-state index in [9.17, 15) is 9.59 Å². The first-order valence-electron chi connectivity index (χ1n) is 3.86. The Bertz CT molecular complexity index is 213. The summed E-state index contributed by atoms with van der Waals surface area (Å²) < 4.78 is 0. The van der Waals surface area contributed by atoms with Crippen molar-refractivity contribution < 1.29 is 14.7 Å². The van der Waals surface area contributed by atoms with Crippen LogP contribution in [-0.4, -0.2) is 41.0 Å². The molecule has 0 aromatic carbocycles. The molecule has 0 heterocycles. The van der Waals surface area contributed by atoms with Crippen molar-refractivity contribution in [3.8, 4) is 0 Å². The van der Waals surface area contributed by atoms with Gasteiger partial charge in [-0.3, -0.25) is 9.59 Å². The average Bonchev–Trinajstić information content (AvgIpc) is 2.01. The molecule has 0 fully saturated rings. The van der Waals surface area contributed by atoms with Gasteiger partial charge in [-0.1, -0.05) is 6.08 Å². The van der Waals surface area contributed by atoms with Gasteiger partial charge in [0.2, 0.25) is 5.91 Å². The molecular formula is C8H14N2O3. The number of carbonyl (C=O) groups is 2. The lowest BCUT2D eigenvalue weighted by Gasteiger charge is -2.20. The summed E-state index contributed by atoms with van der Waals surface area (Å²) in [4.78, 5) is 22.7. The van der Waals surface area contributed by atoms with Gasteiger partial charge in [0.1, 0.15) is 6.54 Å². The van der Waals surface area contributed by atoms with Gasteiger partial charge in [-0.15, -0.1) is 6.58 Å². The maximum atomic E-state index is 11.3. The Kier molecular flexibility index (Phi) is 4.76. The molecule has 0 radical (unpaired) electrons. The van der Waals surface area contributed by atoms with Crippen molar-refractivity contribution >= 4 is 11.9 Å². The highest BCUT2D eigenvalue weighted by atomic mass is 16.4. The Balaban J connectivity index is 4.31. The lowest BCUT2D eigenvalue weighted by atomic mass is 10.3. The van der Waals surface area contributed by atoms with Crippen LogP contribution >= 0.6 is 0 Å². The molecule has 0 aliphatic carbocycles. The van der Waals surface area contributed by atoms with Crippen LogP contribution in [0.1, 0.15) is 6.92 Å². The fourth-order valence-corrected chi connectivity index (χ4v) is 0.840. The molecule has 13 heavy (non-hydrogen) atoms. The Hall–Kier alpha value is -1.36. The average molecular weight is 186 g/mol. The summed E-state index contributed by atoms with van der Waals surface area (Å²) in [5.74, 6) is -1.45. The molecular weight excluding hydrogens is 172 g/mol. The number of nitrogens with two attached hydrogens (primary N) is 1. The quantitative estimate of drug-likeness (QED) is 0.563. The number of nitrogens with zero attached hydrogens (tertiary/aromatic N) is 1. The van der Waals surface area contributed by atoms with E-state index in [-0.39, 0.29) is 19.0 Å². The maximum absolute atomic E-state index is 11.3. The van der Waals surface area contributed by atoms with E-state index in [1.54, 1.807) is 0 Å². The van der Waals surface area contributed by atoms with Gasteiger partial charge < -0.3 is 15.7 Å². The van der Waals surface area contributed by atoms with Crippen LogP contribution in [0.4, 0.5) is 0 Å². The first kappa shape index (κ1) is 11.6. The van der Waals surface area contributed by atoms with E-state index >= 15 is 0 Å². The Labute approximate surface area is 76.8 Å². The third-order valence-electron chi connectivity index (χ3n) is 1.38. The Morgan fingerprint density at radius 2 is 2.23 bits per heavy atom. The van der Waals surface area contributed by atoms with Crippen LogP contribution in [0.15, 0.2) is 12.7 Å². The maximum Gasteiger partial charge on any atom is 0.323 e. The lowest BCUT2D eigenvalue weighted by molar-refractivity contribution is -0.144. The predicted octanol–water partition coefficient (Wildman–Crippen LogP) is -0.567. The molecule has 5 nitrogen and oxygen atoms in total. The summed E-state index contributed by atoms with van der Waals surface area (Å²) in [5, 5.41) is 8.47. The van der Waals surface area contributed by atoms with Gasteiger partial charge >= 0.3 is 5.97 Å². The summed E-state index contributed by atoms with van der Waals surface area (Å²) in [5.41, 5.74) is 5.32. The molecule has 0 saturated carbocycles. The zero-order valence-electron chi connectivity index (χ0n) is 7.56. The number of aliphatic carboxylic acids is 1. The van der Waals surface area contributed by atoms with Crippen molar-refractivity contribution in [2.24, 2.45) is 5.73 Å². The topological polar surface area (TPSA) is 83.6 Å². The number of amides is 1. The largest absolute Gasteiger partial charge is 0.480 e. The zero-order valence-corrected chi connectivity index (χ0v) is 7.56. The zero-order chi connectivity index (χ0) is 10.4. The first-order chi connectivity index (χ1) is 5.99. The normalized spacial score (nSPS) is 11.8. The molecule has 74 valence electrons. The molecule has 0 saturated heterocycles. The number of carboxylic acids is 1. The van der Waals surface area contributed by atoms with Crippen molar-refractivity contribution in [1.82, 2.24) is 4.90 Å². The lowest BCUT2D eigenvalue weighted by Crippen LogP contribution is -2.44. The summed E-state index contributed by atoms with van der Waals surface area (Å²) in [6.45, 7) is 4.80.